The highest BCUT2D eigenvalue weighted by Crippen LogP contribution is 2.50. The molecular weight excluding hydrogens is 630 g/mol. The molecule has 0 aliphatic carbocycles. The molecule has 12 heteroatoms. The summed E-state index contributed by atoms with van der Waals surface area (Å²) < 4.78 is 11.5. The summed E-state index contributed by atoms with van der Waals surface area (Å²) >= 11 is 28.4. The summed E-state index contributed by atoms with van der Waals surface area (Å²) in [5, 5.41) is -0.718. The van der Waals surface area contributed by atoms with Gasteiger partial charge in [0, 0.05) is 15.7 Å². The molecule has 190 valence electrons. The standard InChI is InChI=1S/C25H15BrCl4N2O5/c1-36-12-6-4-11(5-7-12)31-21(13-9-10(26)3-8-14(13)37-2)22(25(31)35)32-23(33)15-16(24(32)34)18(28)20(30)19(29)17(15)27/h3-9,21-22H,1-2H3/t21-,22-/m1/s1. The largest absolute Gasteiger partial charge is 0.497 e. The number of carbonyl (C=O) groups excluding carboxylic acids is 3. The zero-order chi connectivity index (χ0) is 26.8. The van der Waals surface area contributed by atoms with E-state index in [9.17, 15) is 14.4 Å². The molecular formula is C25H15BrCl4N2O5. The Morgan fingerprint density at radius 3 is 1.81 bits per heavy atom. The Balaban J connectivity index is 1.66. The van der Waals surface area contributed by atoms with Crippen molar-refractivity contribution in [3.63, 3.8) is 0 Å². The van der Waals surface area contributed by atoms with Gasteiger partial charge in [0.1, 0.15) is 17.5 Å². The first-order chi connectivity index (χ1) is 17.6. The van der Waals surface area contributed by atoms with Crippen LogP contribution in [0.1, 0.15) is 32.3 Å². The molecule has 7 nitrogen and oxygen atoms in total. The van der Waals surface area contributed by atoms with Crippen molar-refractivity contribution in [3.8, 4) is 11.5 Å². The lowest BCUT2D eigenvalue weighted by Crippen LogP contribution is -2.67. The molecule has 37 heavy (non-hydrogen) atoms. The minimum absolute atomic E-state index is 0.153. The van der Waals surface area contributed by atoms with Crippen molar-refractivity contribution in [1.82, 2.24) is 4.90 Å². The van der Waals surface area contributed by atoms with Crippen LogP contribution in [0, 0.1) is 0 Å². The molecule has 2 atom stereocenters. The Bertz CT molecular complexity index is 1450. The second kappa shape index (κ2) is 9.67. The molecule has 3 amide bonds. The van der Waals surface area contributed by atoms with Crippen LogP contribution in [0.25, 0.3) is 0 Å². The van der Waals surface area contributed by atoms with E-state index in [1.807, 2.05) is 0 Å². The third kappa shape index (κ3) is 3.89. The maximum atomic E-state index is 13.7. The number of methoxy groups -OCH3 is 2. The zero-order valence-electron chi connectivity index (χ0n) is 19.0. The summed E-state index contributed by atoms with van der Waals surface area (Å²) in [6.45, 7) is 0. The van der Waals surface area contributed by atoms with Crippen LogP contribution < -0.4 is 14.4 Å². The minimum atomic E-state index is -1.22. The molecule has 3 aromatic carbocycles. The van der Waals surface area contributed by atoms with Crippen LogP contribution in [-0.2, 0) is 4.79 Å². The van der Waals surface area contributed by atoms with E-state index in [4.69, 9.17) is 55.9 Å². The van der Waals surface area contributed by atoms with Crippen LogP contribution in [0.5, 0.6) is 11.5 Å². The predicted molar refractivity (Wildman–Crippen MR) is 145 cm³/mol. The molecule has 0 aromatic heterocycles. The van der Waals surface area contributed by atoms with Crippen LogP contribution in [0.15, 0.2) is 46.9 Å². The highest BCUT2D eigenvalue weighted by atomic mass is 79.9. The Morgan fingerprint density at radius 2 is 1.30 bits per heavy atom. The van der Waals surface area contributed by atoms with Crippen LogP contribution >= 0.6 is 62.3 Å². The van der Waals surface area contributed by atoms with Gasteiger partial charge in [-0.05, 0) is 42.5 Å². The Morgan fingerprint density at radius 1 is 0.730 bits per heavy atom. The SMILES string of the molecule is COc1ccc(N2C(=O)[C@H](N3C(=O)c4c(Cl)c(Cl)c(Cl)c(Cl)c4C3=O)[C@H]2c2cc(Br)ccc2OC)cc1. The monoisotopic (exact) mass is 642 g/mol. The molecule has 5 rings (SSSR count). The number of hydrogen-bond donors (Lipinski definition) is 0. The number of carbonyl (C=O) groups is 3. The Hall–Kier alpha value is -2.49. The number of hydrogen-bond acceptors (Lipinski definition) is 5. The van der Waals surface area contributed by atoms with E-state index in [0.717, 1.165) is 4.90 Å². The van der Waals surface area contributed by atoms with Crippen molar-refractivity contribution in [2.75, 3.05) is 19.1 Å². The smallest absolute Gasteiger partial charge is 0.264 e. The number of imide groups is 1. The Kier molecular flexibility index (Phi) is 6.83. The van der Waals surface area contributed by atoms with Crippen molar-refractivity contribution >= 4 is 85.7 Å². The molecule has 2 heterocycles. The summed E-state index contributed by atoms with van der Waals surface area (Å²) in [6.07, 6.45) is 0. The maximum absolute atomic E-state index is 13.7. The van der Waals surface area contributed by atoms with Gasteiger partial charge in [-0.2, -0.15) is 0 Å². The van der Waals surface area contributed by atoms with Gasteiger partial charge >= 0.3 is 0 Å². The fraction of sp³-hybridized carbons (Fsp3) is 0.160. The third-order valence-electron chi connectivity index (χ3n) is 6.34. The number of β-lactam (4-membered cyclic amide) rings is 1. The number of amides is 3. The lowest BCUT2D eigenvalue weighted by molar-refractivity contribution is -0.130. The molecule has 2 aliphatic heterocycles. The number of halogens is 5. The summed E-state index contributed by atoms with van der Waals surface area (Å²) in [7, 11) is 3.03. The molecule has 3 aromatic rings. The van der Waals surface area contributed by atoms with E-state index in [1.54, 1.807) is 42.5 Å². The van der Waals surface area contributed by atoms with Gasteiger partial charge in [0.2, 0.25) is 0 Å². The molecule has 0 radical (unpaired) electrons. The van der Waals surface area contributed by atoms with Gasteiger partial charge in [0.25, 0.3) is 17.7 Å². The summed E-state index contributed by atoms with van der Waals surface area (Å²) in [4.78, 5) is 43.2. The van der Waals surface area contributed by atoms with E-state index in [1.165, 1.54) is 19.1 Å². The van der Waals surface area contributed by atoms with Gasteiger partial charge in [0.15, 0.2) is 0 Å². The fourth-order valence-corrected chi connectivity index (χ4v) is 6.01. The van der Waals surface area contributed by atoms with E-state index >= 15 is 0 Å². The summed E-state index contributed by atoms with van der Waals surface area (Å²) in [6, 6.07) is 10.1. The highest BCUT2D eigenvalue weighted by Gasteiger charge is 2.59. The second-order valence-corrected chi connectivity index (χ2v) is 10.6. The molecule has 0 unspecified atom stereocenters. The van der Waals surface area contributed by atoms with Crippen molar-refractivity contribution in [2.24, 2.45) is 0 Å². The van der Waals surface area contributed by atoms with E-state index in [0.29, 0.717) is 27.2 Å². The summed E-state index contributed by atoms with van der Waals surface area (Å²) in [5.41, 5.74) is 0.721. The molecule has 0 bridgehead atoms. The molecule has 0 saturated carbocycles. The fourth-order valence-electron chi connectivity index (χ4n) is 4.62. The number of nitrogens with zero attached hydrogens (tertiary/aromatic N) is 2. The molecule has 1 saturated heterocycles. The molecule has 2 aliphatic rings. The van der Waals surface area contributed by atoms with E-state index < -0.39 is 29.8 Å². The van der Waals surface area contributed by atoms with Crippen molar-refractivity contribution in [3.05, 3.63) is 83.7 Å². The van der Waals surface area contributed by atoms with Gasteiger partial charge in [0.05, 0.1) is 51.5 Å². The predicted octanol–water partition coefficient (Wildman–Crippen LogP) is 6.83. The maximum Gasteiger partial charge on any atom is 0.264 e. The van der Waals surface area contributed by atoms with Crippen molar-refractivity contribution in [2.45, 2.75) is 12.1 Å². The lowest BCUT2D eigenvalue weighted by Gasteiger charge is -2.50. The highest BCUT2D eigenvalue weighted by molar-refractivity contribution is 9.10. The van der Waals surface area contributed by atoms with Gasteiger partial charge in [-0.25, -0.2) is 0 Å². The Labute approximate surface area is 239 Å². The first kappa shape index (κ1) is 26.1. The minimum Gasteiger partial charge on any atom is -0.497 e. The first-order valence-electron chi connectivity index (χ1n) is 10.7. The van der Waals surface area contributed by atoms with Gasteiger partial charge in [-0.15, -0.1) is 0 Å². The van der Waals surface area contributed by atoms with Crippen molar-refractivity contribution < 1.29 is 23.9 Å². The number of fused-ring (bicyclic) bond motifs is 1. The molecule has 0 spiro atoms. The van der Waals surface area contributed by atoms with E-state index in [2.05, 4.69) is 15.9 Å². The normalized spacial score (nSPS) is 18.7. The number of ether oxygens (including phenoxy) is 2. The summed E-state index contributed by atoms with van der Waals surface area (Å²) in [5.74, 6) is -1.02. The van der Waals surface area contributed by atoms with Gasteiger partial charge in [-0.1, -0.05) is 62.3 Å². The number of benzene rings is 3. The van der Waals surface area contributed by atoms with Crippen molar-refractivity contribution in [1.29, 1.82) is 0 Å². The average Bonchev–Trinajstić information content (AvgIpc) is 3.15. The van der Waals surface area contributed by atoms with Crippen LogP contribution in [0.3, 0.4) is 0 Å². The topological polar surface area (TPSA) is 76.2 Å². The van der Waals surface area contributed by atoms with Crippen LogP contribution in [-0.4, -0.2) is 42.9 Å². The molecule has 1 fully saturated rings. The molecule has 0 N–H and O–H groups in total. The average molecular weight is 645 g/mol. The second-order valence-electron chi connectivity index (χ2n) is 8.17. The quantitative estimate of drug-likeness (QED) is 0.132. The van der Waals surface area contributed by atoms with Gasteiger partial charge in [-0.3, -0.25) is 19.3 Å². The first-order valence-corrected chi connectivity index (χ1v) is 13.0. The van der Waals surface area contributed by atoms with Gasteiger partial charge < -0.3 is 14.4 Å². The van der Waals surface area contributed by atoms with Crippen LogP contribution in [0.2, 0.25) is 20.1 Å². The third-order valence-corrected chi connectivity index (χ3v) is 8.63. The number of anilines is 1. The lowest BCUT2D eigenvalue weighted by atomic mass is 9.85. The number of rotatable bonds is 5. The van der Waals surface area contributed by atoms with Crippen LogP contribution in [0.4, 0.5) is 5.69 Å². The van der Waals surface area contributed by atoms with E-state index in [-0.39, 0.29) is 31.2 Å². The zero-order valence-corrected chi connectivity index (χ0v) is 23.6.